The zero-order valence-electron chi connectivity index (χ0n) is 16.2. The topological polar surface area (TPSA) is 79.3 Å². The number of hydrogen-bond acceptors (Lipinski definition) is 4. The minimum atomic E-state index is -0.553. The Morgan fingerprint density at radius 3 is 2.86 bits per heavy atom. The highest BCUT2D eigenvalue weighted by Gasteiger charge is 2.59. The van der Waals surface area contributed by atoms with Crippen LogP contribution in [0.4, 0.5) is 5.69 Å². The van der Waals surface area contributed by atoms with Crippen LogP contribution in [0.2, 0.25) is 0 Å². The van der Waals surface area contributed by atoms with Crippen molar-refractivity contribution < 1.29 is 9.59 Å². The lowest BCUT2D eigenvalue weighted by Crippen LogP contribution is -2.64. The van der Waals surface area contributed by atoms with Crippen LogP contribution in [0.5, 0.6) is 0 Å². The summed E-state index contributed by atoms with van der Waals surface area (Å²) in [4.78, 5) is 27.8. The third-order valence-corrected chi connectivity index (χ3v) is 6.42. The summed E-state index contributed by atoms with van der Waals surface area (Å²) in [6.45, 7) is 4.56. The molecule has 3 atom stereocenters. The molecule has 3 aliphatic heterocycles. The van der Waals surface area contributed by atoms with Gasteiger partial charge in [-0.15, -0.1) is 0 Å². The van der Waals surface area contributed by atoms with E-state index in [-0.39, 0.29) is 23.9 Å². The van der Waals surface area contributed by atoms with Crippen LogP contribution in [0.25, 0.3) is 0 Å². The fraction of sp³-hybridized carbons (Fsp3) is 0.476. The van der Waals surface area contributed by atoms with Crippen molar-refractivity contribution >= 4 is 17.5 Å². The SMILES string of the molecule is Cc1cc(C)n(CCC(=O)N2[C@H]3CC[C@@H]2[C@]2(C3)NC(=O)c3ccccc3N2)n1. The Morgan fingerprint density at radius 2 is 2.07 bits per heavy atom. The highest BCUT2D eigenvalue weighted by molar-refractivity contribution is 6.02. The van der Waals surface area contributed by atoms with Crippen molar-refractivity contribution in [2.24, 2.45) is 0 Å². The van der Waals surface area contributed by atoms with Crippen LogP contribution in [0.3, 0.4) is 0 Å². The van der Waals surface area contributed by atoms with E-state index in [0.29, 0.717) is 18.5 Å². The van der Waals surface area contributed by atoms with Gasteiger partial charge in [0.05, 0.1) is 17.3 Å². The summed E-state index contributed by atoms with van der Waals surface area (Å²) < 4.78 is 1.90. The normalized spacial score (nSPS) is 27.6. The number of carbonyl (C=O) groups is 2. The van der Waals surface area contributed by atoms with E-state index < -0.39 is 5.66 Å². The molecule has 7 nitrogen and oxygen atoms in total. The van der Waals surface area contributed by atoms with Crippen LogP contribution in [0, 0.1) is 13.8 Å². The van der Waals surface area contributed by atoms with E-state index in [9.17, 15) is 9.59 Å². The molecule has 0 unspecified atom stereocenters. The first-order chi connectivity index (χ1) is 13.5. The van der Waals surface area contributed by atoms with E-state index in [1.165, 1.54) is 0 Å². The predicted molar refractivity (Wildman–Crippen MR) is 105 cm³/mol. The Morgan fingerprint density at radius 1 is 1.25 bits per heavy atom. The number of rotatable bonds is 3. The summed E-state index contributed by atoms with van der Waals surface area (Å²) >= 11 is 0. The van der Waals surface area contributed by atoms with Gasteiger partial charge in [0, 0.05) is 36.8 Å². The van der Waals surface area contributed by atoms with Crippen LogP contribution in [-0.4, -0.2) is 44.2 Å². The molecule has 5 rings (SSSR count). The molecule has 146 valence electrons. The molecule has 7 heteroatoms. The number of aromatic nitrogens is 2. The third kappa shape index (κ3) is 2.52. The number of anilines is 1. The summed E-state index contributed by atoms with van der Waals surface area (Å²) in [6.07, 6.45) is 3.09. The maximum Gasteiger partial charge on any atom is 0.255 e. The van der Waals surface area contributed by atoms with Gasteiger partial charge in [0.2, 0.25) is 5.91 Å². The fourth-order valence-corrected chi connectivity index (χ4v) is 5.28. The zero-order valence-corrected chi connectivity index (χ0v) is 16.2. The highest BCUT2D eigenvalue weighted by Crippen LogP contribution is 2.46. The van der Waals surface area contributed by atoms with E-state index in [2.05, 4.69) is 15.7 Å². The van der Waals surface area contributed by atoms with Gasteiger partial charge in [-0.2, -0.15) is 5.10 Å². The highest BCUT2D eigenvalue weighted by atomic mass is 16.2. The first kappa shape index (κ1) is 17.3. The molecule has 0 saturated carbocycles. The molecule has 2 bridgehead atoms. The van der Waals surface area contributed by atoms with Crippen LogP contribution in [-0.2, 0) is 11.3 Å². The molecule has 1 aromatic carbocycles. The Balaban J connectivity index is 1.35. The summed E-state index contributed by atoms with van der Waals surface area (Å²) in [5.41, 5.74) is 3.01. The predicted octanol–water partition coefficient (Wildman–Crippen LogP) is 2.21. The monoisotopic (exact) mass is 379 g/mol. The second-order valence-electron chi connectivity index (χ2n) is 8.25. The Kier molecular flexibility index (Phi) is 3.76. The standard InChI is InChI=1S/C21H25N5O2/c1-13-11-14(2)25(24-13)10-9-19(27)26-15-7-8-18(26)21(12-15)22-17-6-4-3-5-16(17)20(28)23-21/h3-6,11,15,18,22H,7-10,12H2,1-2H3,(H,23,28)/t15-,18+,21-/m0/s1. The lowest BCUT2D eigenvalue weighted by molar-refractivity contribution is -0.133. The average Bonchev–Trinajstić information content (AvgIpc) is 3.30. The number of hydrogen-bond donors (Lipinski definition) is 2. The van der Waals surface area contributed by atoms with Gasteiger partial charge in [-0.25, -0.2) is 0 Å². The number of benzene rings is 1. The van der Waals surface area contributed by atoms with Crippen molar-refractivity contribution in [3.63, 3.8) is 0 Å². The van der Waals surface area contributed by atoms with E-state index in [1.54, 1.807) is 0 Å². The minimum absolute atomic E-state index is 0.0113. The molecule has 4 heterocycles. The molecule has 1 spiro atoms. The van der Waals surface area contributed by atoms with E-state index in [1.807, 2.05) is 53.8 Å². The largest absolute Gasteiger partial charge is 0.360 e. The summed E-state index contributed by atoms with van der Waals surface area (Å²) in [6, 6.07) is 9.76. The molecule has 2 amide bonds. The summed E-state index contributed by atoms with van der Waals surface area (Å²) in [7, 11) is 0. The van der Waals surface area contributed by atoms with Gasteiger partial charge in [-0.3, -0.25) is 14.3 Å². The number of aryl methyl sites for hydroxylation is 3. The maximum absolute atomic E-state index is 13.1. The molecule has 0 aliphatic carbocycles. The van der Waals surface area contributed by atoms with E-state index in [0.717, 1.165) is 36.3 Å². The molecule has 28 heavy (non-hydrogen) atoms. The first-order valence-corrected chi connectivity index (χ1v) is 9.99. The van der Waals surface area contributed by atoms with Crippen LogP contribution in [0.15, 0.2) is 30.3 Å². The van der Waals surface area contributed by atoms with Gasteiger partial charge in [-0.05, 0) is 44.9 Å². The average molecular weight is 379 g/mol. The molecule has 0 radical (unpaired) electrons. The number of nitrogens with one attached hydrogen (secondary N) is 2. The van der Waals surface area contributed by atoms with Crippen molar-refractivity contribution in [2.45, 2.75) is 63.8 Å². The van der Waals surface area contributed by atoms with Gasteiger partial charge in [-0.1, -0.05) is 12.1 Å². The van der Waals surface area contributed by atoms with Crippen molar-refractivity contribution in [1.29, 1.82) is 0 Å². The lowest BCUT2D eigenvalue weighted by atomic mass is 9.86. The number of carbonyl (C=O) groups excluding carboxylic acids is 2. The van der Waals surface area contributed by atoms with Crippen molar-refractivity contribution in [3.05, 3.63) is 47.3 Å². The Bertz CT molecular complexity index is 967. The number of nitrogens with zero attached hydrogens (tertiary/aromatic N) is 3. The van der Waals surface area contributed by atoms with Crippen LogP contribution >= 0.6 is 0 Å². The second kappa shape index (κ2) is 6.09. The first-order valence-electron chi connectivity index (χ1n) is 9.99. The van der Waals surface area contributed by atoms with Gasteiger partial charge in [0.25, 0.3) is 5.91 Å². The quantitative estimate of drug-likeness (QED) is 0.857. The van der Waals surface area contributed by atoms with Gasteiger partial charge in [0.15, 0.2) is 0 Å². The second-order valence-corrected chi connectivity index (χ2v) is 8.25. The number of fused-ring (bicyclic) bond motifs is 4. The van der Waals surface area contributed by atoms with E-state index in [4.69, 9.17) is 0 Å². The molecule has 2 saturated heterocycles. The smallest absolute Gasteiger partial charge is 0.255 e. The maximum atomic E-state index is 13.1. The Labute approximate surface area is 164 Å². The lowest BCUT2D eigenvalue weighted by Gasteiger charge is -2.43. The molecule has 2 N–H and O–H groups in total. The summed E-state index contributed by atoms with van der Waals surface area (Å²) in [5, 5.41) is 11.2. The minimum Gasteiger partial charge on any atom is -0.360 e. The molecular formula is C21H25N5O2. The zero-order chi connectivity index (χ0) is 19.5. The van der Waals surface area contributed by atoms with Crippen molar-refractivity contribution in [1.82, 2.24) is 20.0 Å². The van der Waals surface area contributed by atoms with Crippen LogP contribution in [0.1, 0.15) is 47.4 Å². The van der Waals surface area contributed by atoms with E-state index >= 15 is 0 Å². The summed E-state index contributed by atoms with van der Waals surface area (Å²) in [5.74, 6) is 0.0868. The Hall–Kier alpha value is -2.83. The number of amides is 2. The van der Waals surface area contributed by atoms with Crippen molar-refractivity contribution in [3.8, 4) is 0 Å². The van der Waals surface area contributed by atoms with Gasteiger partial charge >= 0.3 is 0 Å². The molecule has 2 fully saturated rings. The molecular weight excluding hydrogens is 354 g/mol. The van der Waals surface area contributed by atoms with Gasteiger partial charge in [0.1, 0.15) is 5.66 Å². The fourth-order valence-electron chi connectivity index (χ4n) is 5.28. The molecule has 1 aromatic heterocycles. The number of para-hydroxylation sites is 1. The molecule has 2 aromatic rings. The van der Waals surface area contributed by atoms with Gasteiger partial charge < -0.3 is 15.5 Å². The van der Waals surface area contributed by atoms with Crippen molar-refractivity contribution in [2.75, 3.05) is 5.32 Å². The van der Waals surface area contributed by atoms with Crippen LogP contribution < -0.4 is 10.6 Å². The molecule has 3 aliphatic rings. The third-order valence-electron chi connectivity index (χ3n) is 6.42.